The van der Waals surface area contributed by atoms with Crippen molar-refractivity contribution >= 4 is 5.97 Å². The van der Waals surface area contributed by atoms with E-state index in [2.05, 4.69) is 26.8 Å². The molecule has 0 radical (unpaired) electrons. The van der Waals surface area contributed by atoms with Gasteiger partial charge in [0.1, 0.15) is 5.60 Å². The summed E-state index contributed by atoms with van der Waals surface area (Å²) in [6.45, 7) is 7.23. The van der Waals surface area contributed by atoms with E-state index in [-0.39, 0.29) is 17.7 Å². The maximum atomic E-state index is 11.9. The average molecular weight is 373 g/mol. The number of cyclic esters (lactones) is 1. The van der Waals surface area contributed by atoms with Crippen LogP contribution in [0.4, 0.5) is 0 Å². The highest BCUT2D eigenvalue weighted by molar-refractivity contribution is 5.72. The molecular formula is C24H36O3. The number of aliphatic hydroxyl groups excluding tert-OH is 1. The monoisotopic (exact) mass is 372 g/mol. The number of ether oxygens (including phenoxy) is 1. The third-order valence-electron chi connectivity index (χ3n) is 9.99. The normalized spacial score (nSPS) is 54.6. The molecule has 27 heavy (non-hydrogen) atoms. The van der Waals surface area contributed by atoms with Crippen LogP contribution in [0, 0.1) is 34.5 Å². The Morgan fingerprint density at radius 2 is 1.85 bits per heavy atom. The number of fused-ring (bicyclic) bond motifs is 5. The topological polar surface area (TPSA) is 46.5 Å². The van der Waals surface area contributed by atoms with Crippen molar-refractivity contribution in [3.05, 3.63) is 11.6 Å². The maximum Gasteiger partial charge on any atom is 0.306 e. The molecule has 1 saturated heterocycles. The number of carbonyl (C=O) groups excluding carboxylic acids is 1. The minimum Gasteiger partial charge on any atom is -0.459 e. The quantitative estimate of drug-likeness (QED) is 0.519. The summed E-state index contributed by atoms with van der Waals surface area (Å²) in [5.74, 6) is 2.85. The van der Waals surface area contributed by atoms with E-state index in [9.17, 15) is 9.90 Å². The molecule has 3 heteroatoms. The van der Waals surface area contributed by atoms with E-state index in [1.165, 1.54) is 32.1 Å². The van der Waals surface area contributed by atoms with Gasteiger partial charge in [0, 0.05) is 12.3 Å². The Bertz CT molecular complexity index is 683. The minimum absolute atomic E-state index is 0.0109. The van der Waals surface area contributed by atoms with E-state index in [0.717, 1.165) is 43.4 Å². The van der Waals surface area contributed by atoms with Crippen LogP contribution in [0.15, 0.2) is 11.6 Å². The van der Waals surface area contributed by atoms with Crippen molar-refractivity contribution in [2.45, 2.75) is 96.7 Å². The lowest BCUT2D eigenvalue weighted by Crippen LogP contribution is -2.53. The van der Waals surface area contributed by atoms with E-state index < -0.39 is 0 Å². The first-order chi connectivity index (χ1) is 12.8. The Morgan fingerprint density at radius 3 is 2.59 bits per heavy atom. The minimum atomic E-state index is -0.234. The highest BCUT2D eigenvalue weighted by atomic mass is 16.6. The summed E-state index contributed by atoms with van der Waals surface area (Å²) >= 11 is 0. The SMILES string of the molecule is C[C@]12CC[C@@H]3[C@H](CC=C4C[C@@H](O)CC[C@@]43C)[C@H]1CC[C@@H]2[C@@]1(C)CCC(=O)O1. The van der Waals surface area contributed by atoms with Crippen LogP contribution in [0.5, 0.6) is 0 Å². The van der Waals surface area contributed by atoms with Gasteiger partial charge in [0.25, 0.3) is 0 Å². The van der Waals surface area contributed by atoms with E-state index in [1.54, 1.807) is 5.57 Å². The van der Waals surface area contributed by atoms with E-state index in [1.807, 2.05) is 0 Å². The summed E-state index contributed by atoms with van der Waals surface area (Å²) in [6.07, 6.45) is 13.2. The van der Waals surface area contributed by atoms with Crippen molar-refractivity contribution in [3.63, 3.8) is 0 Å². The second-order valence-corrected chi connectivity index (χ2v) is 11.1. The Balaban J connectivity index is 1.44. The van der Waals surface area contributed by atoms with E-state index in [4.69, 9.17) is 4.74 Å². The van der Waals surface area contributed by atoms with Gasteiger partial charge in [0.05, 0.1) is 6.10 Å². The number of aliphatic hydroxyl groups is 1. The first-order valence-electron chi connectivity index (χ1n) is 11.4. The molecular weight excluding hydrogens is 336 g/mol. The van der Waals surface area contributed by atoms with Crippen LogP contribution in [0.25, 0.3) is 0 Å². The molecule has 4 fully saturated rings. The molecule has 0 unspecified atom stereocenters. The molecule has 0 aromatic rings. The molecule has 5 aliphatic rings. The fraction of sp³-hybridized carbons (Fsp3) is 0.875. The lowest BCUT2D eigenvalue weighted by molar-refractivity contribution is -0.158. The van der Waals surface area contributed by atoms with Gasteiger partial charge >= 0.3 is 5.97 Å². The summed E-state index contributed by atoms with van der Waals surface area (Å²) < 4.78 is 5.92. The number of carbonyl (C=O) groups is 1. The van der Waals surface area contributed by atoms with Crippen molar-refractivity contribution < 1.29 is 14.6 Å². The third kappa shape index (κ3) is 2.46. The number of hydrogen-bond donors (Lipinski definition) is 1. The Labute approximate surface area is 163 Å². The Kier molecular flexibility index (Phi) is 3.94. The van der Waals surface area contributed by atoms with Gasteiger partial charge in [-0.15, -0.1) is 0 Å². The largest absolute Gasteiger partial charge is 0.459 e. The summed E-state index contributed by atoms with van der Waals surface area (Å²) in [7, 11) is 0. The van der Waals surface area contributed by atoms with Gasteiger partial charge < -0.3 is 9.84 Å². The van der Waals surface area contributed by atoms with Gasteiger partial charge in [-0.3, -0.25) is 4.79 Å². The molecule has 0 spiro atoms. The van der Waals surface area contributed by atoms with E-state index >= 15 is 0 Å². The number of esters is 1. The standard InChI is InChI=1S/C24H36O3/c1-22-11-8-16(25)14-15(22)4-5-17-18-6-7-20(23(18,2)12-9-19(17)22)24(3)13-10-21(26)27-24/h4,16-20,25H,5-14H2,1-3H3/t16-,17+,18+,19+,20-,22-,23-,24+/m0/s1. The highest BCUT2D eigenvalue weighted by Crippen LogP contribution is 2.68. The molecule has 3 nitrogen and oxygen atoms in total. The van der Waals surface area contributed by atoms with Crippen LogP contribution >= 0.6 is 0 Å². The zero-order valence-corrected chi connectivity index (χ0v) is 17.3. The third-order valence-corrected chi connectivity index (χ3v) is 9.99. The van der Waals surface area contributed by atoms with Gasteiger partial charge in [0.15, 0.2) is 0 Å². The molecule has 1 aliphatic heterocycles. The highest BCUT2D eigenvalue weighted by Gasteiger charge is 2.62. The number of allylic oxidation sites excluding steroid dienone is 1. The lowest BCUT2D eigenvalue weighted by Gasteiger charge is -2.58. The van der Waals surface area contributed by atoms with Gasteiger partial charge in [-0.05, 0) is 93.3 Å². The van der Waals surface area contributed by atoms with Crippen LogP contribution in [-0.4, -0.2) is 22.8 Å². The zero-order chi connectivity index (χ0) is 19.0. The number of rotatable bonds is 1. The molecule has 8 atom stereocenters. The summed E-state index contributed by atoms with van der Waals surface area (Å²) in [5.41, 5.74) is 1.95. The number of hydrogen-bond acceptors (Lipinski definition) is 3. The second kappa shape index (κ2) is 5.84. The summed E-state index contributed by atoms with van der Waals surface area (Å²) in [4.78, 5) is 11.9. The van der Waals surface area contributed by atoms with Crippen LogP contribution in [0.1, 0.15) is 85.0 Å². The molecule has 1 heterocycles. The fourth-order valence-electron chi connectivity index (χ4n) is 8.60. The Morgan fingerprint density at radius 1 is 1.04 bits per heavy atom. The zero-order valence-electron chi connectivity index (χ0n) is 17.3. The molecule has 0 amide bonds. The van der Waals surface area contributed by atoms with Gasteiger partial charge in [-0.25, -0.2) is 0 Å². The molecule has 5 rings (SSSR count). The molecule has 1 N–H and O–H groups in total. The molecule has 3 saturated carbocycles. The van der Waals surface area contributed by atoms with Crippen LogP contribution < -0.4 is 0 Å². The summed E-state index contributed by atoms with van der Waals surface area (Å²) in [6, 6.07) is 0. The Hall–Kier alpha value is -0.830. The van der Waals surface area contributed by atoms with Gasteiger partial charge in [0.2, 0.25) is 0 Å². The first-order valence-corrected chi connectivity index (χ1v) is 11.4. The fourth-order valence-corrected chi connectivity index (χ4v) is 8.60. The molecule has 0 aromatic carbocycles. The van der Waals surface area contributed by atoms with Crippen LogP contribution in [-0.2, 0) is 9.53 Å². The predicted octanol–water partition coefficient (Wildman–Crippen LogP) is 5.02. The maximum absolute atomic E-state index is 11.9. The van der Waals surface area contributed by atoms with Gasteiger partial charge in [-0.1, -0.05) is 25.5 Å². The van der Waals surface area contributed by atoms with Crippen molar-refractivity contribution in [1.82, 2.24) is 0 Å². The smallest absolute Gasteiger partial charge is 0.306 e. The first kappa shape index (κ1) is 18.2. The second-order valence-electron chi connectivity index (χ2n) is 11.1. The van der Waals surface area contributed by atoms with Crippen molar-refractivity contribution in [2.24, 2.45) is 34.5 Å². The summed E-state index contributed by atoms with van der Waals surface area (Å²) in [5, 5.41) is 10.2. The van der Waals surface area contributed by atoms with Crippen molar-refractivity contribution in [1.29, 1.82) is 0 Å². The van der Waals surface area contributed by atoms with Crippen molar-refractivity contribution in [3.8, 4) is 0 Å². The van der Waals surface area contributed by atoms with E-state index in [0.29, 0.717) is 23.2 Å². The molecule has 150 valence electrons. The van der Waals surface area contributed by atoms with Crippen LogP contribution in [0.3, 0.4) is 0 Å². The lowest BCUT2D eigenvalue weighted by atomic mass is 9.46. The molecule has 0 bridgehead atoms. The van der Waals surface area contributed by atoms with Crippen molar-refractivity contribution in [2.75, 3.05) is 0 Å². The molecule has 4 aliphatic carbocycles. The van der Waals surface area contributed by atoms with Gasteiger partial charge in [-0.2, -0.15) is 0 Å². The van der Waals surface area contributed by atoms with Crippen LogP contribution in [0.2, 0.25) is 0 Å². The predicted molar refractivity (Wildman–Crippen MR) is 105 cm³/mol. The average Bonchev–Trinajstić information content (AvgIpc) is 3.15. The molecule has 0 aromatic heterocycles.